The Bertz CT molecular complexity index is 2440. The first-order chi connectivity index (χ1) is 21.3. The molecule has 0 saturated heterocycles. The second-order valence-corrected chi connectivity index (χ2v) is 11.3. The molecule has 0 N–H and O–H groups in total. The van der Waals surface area contributed by atoms with Gasteiger partial charge in [0.15, 0.2) is 0 Å². The van der Waals surface area contributed by atoms with Crippen molar-refractivity contribution in [3.63, 3.8) is 0 Å². The topological polar surface area (TPSA) is 13.1 Å². The van der Waals surface area contributed by atoms with Crippen LogP contribution in [-0.4, -0.2) is 0 Å². The molecule has 9 rings (SSSR count). The van der Waals surface area contributed by atoms with Crippen LogP contribution in [0.1, 0.15) is 0 Å². The third-order valence-electron chi connectivity index (χ3n) is 8.84. The predicted molar refractivity (Wildman–Crippen MR) is 183 cm³/mol. The quantitative estimate of drug-likeness (QED) is 0.201. The Morgan fingerprint density at radius 3 is 1.56 bits per heavy atom. The van der Waals surface area contributed by atoms with E-state index in [4.69, 9.17) is 4.42 Å². The third kappa shape index (κ3) is 3.72. The lowest BCUT2D eigenvalue weighted by molar-refractivity contribution is 0.669. The molecule has 200 valence electrons. The smallest absolute Gasteiger partial charge is 0.136 e. The zero-order valence-corrected chi connectivity index (χ0v) is 23.4. The van der Waals surface area contributed by atoms with Crippen LogP contribution >= 0.6 is 0 Å². The van der Waals surface area contributed by atoms with Gasteiger partial charge in [0.25, 0.3) is 0 Å². The van der Waals surface area contributed by atoms with Gasteiger partial charge in [0.2, 0.25) is 0 Å². The van der Waals surface area contributed by atoms with Crippen LogP contribution in [0.2, 0.25) is 0 Å². The number of hydrogen-bond donors (Lipinski definition) is 0. The molecular formula is C42H26O. The Morgan fingerprint density at radius 2 is 0.860 bits per heavy atom. The number of furan rings is 1. The van der Waals surface area contributed by atoms with E-state index in [0.717, 1.165) is 22.1 Å². The van der Waals surface area contributed by atoms with Crippen LogP contribution in [-0.2, 0) is 0 Å². The van der Waals surface area contributed by atoms with E-state index in [1.54, 1.807) is 0 Å². The van der Waals surface area contributed by atoms with E-state index >= 15 is 0 Å². The van der Waals surface area contributed by atoms with Gasteiger partial charge in [-0.25, -0.2) is 0 Å². The number of fused-ring (bicyclic) bond motifs is 7. The minimum absolute atomic E-state index is 0.914. The summed E-state index contributed by atoms with van der Waals surface area (Å²) in [6, 6.07) is 56.7. The molecule has 0 amide bonds. The highest BCUT2D eigenvalue weighted by atomic mass is 16.3. The molecular weight excluding hydrogens is 520 g/mol. The van der Waals surface area contributed by atoms with Crippen LogP contribution < -0.4 is 0 Å². The molecule has 9 aromatic rings. The molecule has 1 aromatic heterocycles. The lowest BCUT2D eigenvalue weighted by atomic mass is 9.85. The molecule has 1 heteroatoms. The summed E-state index contributed by atoms with van der Waals surface area (Å²) in [5.74, 6) is 0. The molecule has 0 saturated carbocycles. The van der Waals surface area contributed by atoms with Gasteiger partial charge in [-0.1, -0.05) is 133 Å². The van der Waals surface area contributed by atoms with E-state index in [1.165, 1.54) is 65.5 Å². The highest BCUT2D eigenvalue weighted by Crippen LogP contribution is 2.45. The summed E-state index contributed by atoms with van der Waals surface area (Å²) < 4.78 is 6.50. The van der Waals surface area contributed by atoms with Crippen molar-refractivity contribution in [2.24, 2.45) is 0 Å². The first kappa shape index (κ1) is 24.0. The molecule has 0 fully saturated rings. The second kappa shape index (κ2) is 9.44. The van der Waals surface area contributed by atoms with Crippen molar-refractivity contribution in [2.45, 2.75) is 0 Å². The molecule has 0 spiro atoms. The highest BCUT2D eigenvalue weighted by molar-refractivity contribution is 6.23. The van der Waals surface area contributed by atoms with Crippen LogP contribution in [0.4, 0.5) is 0 Å². The van der Waals surface area contributed by atoms with Gasteiger partial charge in [-0.3, -0.25) is 0 Å². The molecule has 0 bridgehead atoms. The summed E-state index contributed by atoms with van der Waals surface area (Å²) in [5.41, 5.74) is 9.17. The second-order valence-electron chi connectivity index (χ2n) is 11.3. The number of rotatable bonds is 3. The molecule has 0 aliphatic carbocycles. The fourth-order valence-corrected chi connectivity index (χ4v) is 6.94. The zero-order chi connectivity index (χ0) is 28.3. The highest BCUT2D eigenvalue weighted by Gasteiger charge is 2.18. The van der Waals surface area contributed by atoms with Gasteiger partial charge in [0.05, 0.1) is 0 Å². The SMILES string of the molecule is c1ccc(-c2cccc(-c3c4ccccc4c(-c4ccc5c(c4)oc4ccc6ccccc6c45)c4ccccc34)c2)cc1. The van der Waals surface area contributed by atoms with E-state index in [2.05, 4.69) is 158 Å². The lowest BCUT2D eigenvalue weighted by Crippen LogP contribution is -1.91. The van der Waals surface area contributed by atoms with Gasteiger partial charge in [-0.2, -0.15) is 0 Å². The minimum Gasteiger partial charge on any atom is -0.456 e. The first-order valence-electron chi connectivity index (χ1n) is 14.8. The summed E-state index contributed by atoms with van der Waals surface area (Å²) >= 11 is 0. The summed E-state index contributed by atoms with van der Waals surface area (Å²) in [6.45, 7) is 0. The van der Waals surface area contributed by atoms with Crippen molar-refractivity contribution < 1.29 is 4.42 Å². The van der Waals surface area contributed by atoms with Crippen molar-refractivity contribution in [3.05, 3.63) is 158 Å². The Labute approximate surface area is 249 Å². The van der Waals surface area contributed by atoms with Crippen molar-refractivity contribution >= 4 is 54.3 Å². The summed E-state index contributed by atoms with van der Waals surface area (Å²) in [5, 5.41) is 9.76. The fraction of sp³-hybridized carbons (Fsp3) is 0. The number of hydrogen-bond acceptors (Lipinski definition) is 1. The van der Waals surface area contributed by atoms with E-state index in [0.29, 0.717) is 0 Å². The van der Waals surface area contributed by atoms with E-state index < -0.39 is 0 Å². The van der Waals surface area contributed by atoms with Crippen LogP contribution in [0.5, 0.6) is 0 Å². The monoisotopic (exact) mass is 546 g/mol. The fourth-order valence-electron chi connectivity index (χ4n) is 6.94. The van der Waals surface area contributed by atoms with Crippen LogP contribution in [0.15, 0.2) is 162 Å². The number of benzene rings is 8. The zero-order valence-electron chi connectivity index (χ0n) is 23.4. The maximum absolute atomic E-state index is 6.50. The molecule has 0 aliphatic rings. The molecule has 1 heterocycles. The predicted octanol–water partition coefficient (Wildman–Crippen LogP) is 12.0. The Hall–Kier alpha value is -5.66. The molecule has 0 atom stereocenters. The van der Waals surface area contributed by atoms with Crippen LogP contribution in [0, 0.1) is 0 Å². The van der Waals surface area contributed by atoms with Gasteiger partial charge in [-0.05, 0) is 90.0 Å². The van der Waals surface area contributed by atoms with Gasteiger partial charge in [-0.15, -0.1) is 0 Å². The summed E-state index contributed by atoms with van der Waals surface area (Å²) in [6.07, 6.45) is 0. The standard InChI is InChI=1S/C42H26O/c1-2-11-27(12-3-1)29-14-10-15-30(25-29)40-33-17-6-8-19-35(33)41(36-20-9-7-18-34(36)40)31-21-23-37-39(26-31)43-38-24-22-28-13-4-5-16-32(28)42(37)38/h1-26H. The Morgan fingerprint density at radius 1 is 0.302 bits per heavy atom. The summed E-state index contributed by atoms with van der Waals surface area (Å²) in [7, 11) is 0. The molecule has 0 aliphatic heterocycles. The molecule has 43 heavy (non-hydrogen) atoms. The normalized spacial score (nSPS) is 11.7. The molecule has 1 nitrogen and oxygen atoms in total. The van der Waals surface area contributed by atoms with Crippen molar-refractivity contribution in [2.75, 3.05) is 0 Å². The maximum Gasteiger partial charge on any atom is 0.136 e. The van der Waals surface area contributed by atoms with Gasteiger partial charge >= 0.3 is 0 Å². The minimum atomic E-state index is 0.914. The van der Waals surface area contributed by atoms with Crippen molar-refractivity contribution in [1.82, 2.24) is 0 Å². The molecule has 0 unspecified atom stereocenters. The van der Waals surface area contributed by atoms with Crippen LogP contribution in [0.25, 0.3) is 87.6 Å². The van der Waals surface area contributed by atoms with Crippen molar-refractivity contribution in [1.29, 1.82) is 0 Å². The first-order valence-corrected chi connectivity index (χ1v) is 14.8. The van der Waals surface area contributed by atoms with Gasteiger partial charge < -0.3 is 4.42 Å². The maximum atomic E-state index is 6.50. The molecule has 8 aromatic carbocycles. The largest absolute Gasteiger partial charge is 0.456 e. The average Bonchev–Trinajstić information content (AvgIpc) is 3.46. The average molecular weight is 547 g/mol. The molecule has 0 radical (unpaired) electrons. The Kier molecular flexibility index (Phi) is 5.27. The van der Waals surface area contributed by atoms with E-state index in [9.17, 15) is 0 Å². The third-order valence-corrected chi connectivity index (χ3v) is 8.84. The summed E-state index contributed by atoms with van der Waals surface area (Å²) in [4.78, 5) is 0. The van der Waals surface area contributed by atoms with Crippen molar-refractivity contribution in [3.8, 4) is 33.4 Å². The Balaban J connectivity index is 1.32. The van der Waals surface area contributed by atoms with E-state index in [-0.39, 0.29) is 0 Å². The van der Waals surface area contributed by atoms with Crippen LogP contribution in [0.3, 0.4) is 0 Å². The lowest BCUT2D eigenvalue weighted by Gasteiger charge is -2.18. The van der Waals surface area contributed by atoms with E-state index in [1.807, 2.05) is 0 Å². The van der Waals surface area contributed by atoms with Gasteiger partial charge in [0, 0.05) is 10.8 Å². The van der Waals surface area contributed by atoms with Gasteiger partial charge in [0.1, 0.15) is 11.2 Å².